The summed E-state index contributed by atoms with van der Waals surface area (Å²) in [6.45, 7) is 2.65. The van der Waals surface area contributed by atoms with E-state index in [4.69, 9.17) is 9.47 Å². The Morgan fingerprint density at radius 2 is 1.73 bits per heavy atom. The van der Waals surface area contributed by atoms with Crippen molar-refractivity contribution < 1.29 is 23.8 Å². The van der Waals surface area contributed by atoms with Crippen molar-refractivity contribution in [3.8, 4) is 5.75 Å². The van der Waals surface area contributed by atoms with E-state index >= 15 is 0 Å². The van der Waals surface area contributed by atoms with Gasteiger partial charge in [0.25, 0.3) is 0 Å². The summed E-state index contributed by atoms with van der Waals surface area (Å²) in [6, 6.07) is 11.5. The first-order chi connectivity index (χ1) is 10.5. The second-order valence-corrected chi connectivity index (χ2v) is 4.91. The van der Waals surface area contributed by atoms with Crippen LogP contribution >= 0.6 is 0 Å². The maximum Gasteiger partial charge on any atom is 0.316 e. The van der Waals surface area contributed by atoms with Gasteiger partial charge < -0.3 is 14.2 Å². The monoisotopic (exact) mass is 302 g/mol. The van der Waals surface area contributed by atoms with Gasteiger partial charge in [0.1, 0.15) is 5.75 Å². The smallest absolute Gasteiger partial charge is 0.316 e. The van der Waals surface area contributed by atoms with E-state index in [0.29, 0.717) is 0 Å². The molecule has 0 fully saturated rings. The number of ether oxygens (including phenoxy) is 3. The first-order valence-corrected chi connectivity index (χ1v) is 6.89. The quantitative estimate of drug-likeness (QED) is 0.627. The summed E-state index contributed by atoms with van der Waals surface area (Å²) >= 11 is 0. The lowest BCUT2D eigenvalue weighted by Gasteiger charge is -2.12. The third-order valence-electron chi connectivity index (χ3n) is 3.39. The van der Waals surface area contributed by atoms with Gasteiger partial charge in [-0.1, -0.05) is 24.3 Å². The summed E-state index contributed by atoms with van der Waals surface area (Å²) in [4.78, 5) is 22.6. The highest BCUT2D eigenvalue weighted by Crippen LogP contribution is 2.25. The van der Waals surface area contributed by atoms with Gasteiger partial charge in [-0.15, -0.1) is 0 Å². The summed E-state index contributed by atoms with van der Waals surface area (Å²) in [6.07, 6.45) is 0. The molecule has 116 valence electrons. The minimum Gasteiger partial charge on any atom is -0.497 e. The molecule has 5 nitrogen and oxygen atoms in total. The van der Waals surface area contributed by atoms with E-state index in [2.05, 4.69) is 4.74 Å². The molecular weight excluding hydrogens is 284 g/mol. The molecule has 0 N–H and O–H groups in total. The molecule has 0 aliphatic heterocycles. The fourth-order valence-electron chi connectivity index (χ4n) is 2.07. The third kappa shape index (κ3) is 3.75. The van der Waals surface area contributed by atoms with Crippen LogP contribution in [0.5, 0.6) is 5.75 Å². The lowest BCUT2D eigenvalue weighted by Crippen LogP contribution is -2.16. The normalized spacial score (nSPS) is 11.8. The number of rotatable bonds is 5. The van der Waals surface area contributed by atoms with Crippen molar-refractivity contribution >= 4 is 22.7 Å². The molecule has 2 aromatic carbocycles. The summed E-state index contributed by atoms with van der Waals surface area (Å²) in [5.41, 5.74) is 0.838. The average molecular weight is 302 g/mol. The van der Waals surface area contributed by atoms with Crippen LogP contribution in [-0.2, 0) is 19.1 Å². The van der Waals surface area contributed by atoms with Gasteiger partial charge in [-0.25, -0.2) is 0 Å². The molecule has 0 amide bonds. The number of benzene rings is 2. The van der Waals surface area contributed by atoms with Crippen molar-refractivity contribution in [2.75, 3.05) is 13.9 Å². The maximum absolute atomic E-state index is 11.9. The van der Waals surface area contributed by atoms with E-state index in [1.807, 2.05) is 36.4 Å². The summed E-state index contributed by atoms with van der Waals surface area (Å²) in [7, 11) is 1.62. The second-order valence-electron chi connectivity index (χ2n) is 4.91. The lowest BCUT2D eigenvalue weighted by molar-refractivity contribution is -0.166. The average Bonchev–Trinajstić information content (AvgIpc) is 2.52. The predicted molar refractivity (Wildman–Crippen MR) is 81.6 cm³/mol. The van der Waals surface area contributed by atoms with Gasteiger partial charge in [-0.3, -0.25) is 9.59 Å². The first-order valence-electron chi connectivity index (χ1n) is 6.89. The Labute approximate surface area is 128 Å². The molecule has 0 saturated heterocycles. The van der Waals surface area contributed by atoms with E-state index in [1.165, 1.54) is 6.92 Å². The molecule has 0 saturated carbocycles. The number of hydrogen-bond acceptors (Lipinski definition) is 5. The standard InChI is InChI=1S/C17H18O5/c1-11(17(19)22-10-21-12(2)18)13-4-5-15-9-16(20-3)7-6-14(15)8-13/h4-9,11H,10H2,1-3H3. The SMILES string of the molecule is COc1ccc2cc(C(C)C(=O)OCOC(C)=O)ccc2c1. The lowest BCUT2D eigenvalue weighted by atomic mass is 9.98. The first kappa shape index (κ1) is 15.8. The molecule has 2 rings (SSSR count). The molecule has 0 radical (unpaired) electrons. The molecule has 1 unspecified atom stereocenters. The number of carbonyl (C=O) groups excluding carboxylic acids is 2. The molecule has 0 spiro atoms. The zero-order chi connectivity index (χ0) is 16.1. The number of esters is 2. The molecular formula is C17H18O5. The zero-order valence-corrected chi connectivity index (χ0v) is 12.8. The van der Waals surface area contributed by atoms with Crippen molar-refractivity contribution in [2.45, 2.75) is 19.8 Å². The van der Waals surface area contributed by atoms with Gasteiger partial charge in [0, 0.05) is 6.92 Å². The molecule has 2 aromatic rings. The number of fused-ring (bicyclic) bond motifs is 1. The van der Waals surface area contributed by atoms with E-state index < -0.39 is 17.9 Å². The molecule has 0 bridgehead atoms. The van der Waals surface area contributed by atoms with Crippen molar-refractivity contribution in [3.63, 3.8) is 0 Å². The van der Waals surface area contributed by atoms with Crippen LogP contribution in [0, 0.1) is 0 Å². The Balaban J connectivity index is 2.12. The largest absolute Gasteiger partial charge is 0.497 e. The van der Waals surface area contributed by atoms with Crippen LogP contribution in [0.15, 0.2) is 36.4 Å². The Morgan fingerprint density at radius 3 is 2.41 bits per heavy atom. The minimum absolute atomic E-state index is 0.358. The van der Waals surface area contributed by atoms with Crippen LogP contribution in [0.4, 0.5) is 0 Å². The van der Waals surface area contributed by atoms with Crippen LogP contribution in [0.3, 0.4) is 0 Å². The molecule has 22 heavy (non-hydrogen) atoms. The summed E-state index contributed by atoms with van der Waals surface area (Å²) in [5.74, 6) is -0.578. The van der Waals surface area contributed by atoms with Gasteiger partial charge in [-0.2, -0.15) is 0 Å². The van der Waals surface area contributed by atoms with Crippen molar-refractivity contribution in [1.29, 1.82) is 0 Å². The Kier molecular flexibility index (Phi) is 4.99. The zero-order valence-electron chi connectivity index (χ0n) is 12.8. The maximum atomic E-state index is 11.9. The van der Waals surface area contributed by atoms with Crippen LogP contribution in [0.1, 0.15) is 25.3 Å². The Morgan fingerprint density at radius 1 is 1.05 bits per heavy atom. The molecule has 5 heteroatoms. The molecule has 0 aliphatic rings. The van der Waals surface area contributed by atoms with Gasteiger partial charge in [0.2, 0.25) is 6.79 Å². The van der Waals surface area contributed by atoms with Crippen LogP contribution in [-0.4, -0.2) is 25.8 Å². The summed E-state index contributed by atoms with van der Waals surface area (Å²) < 4.78 is 14.7. The topological polar surface area (TPSA) is 61.8 Å². The number of hydrogen-bond donors (Lipinski definition) is 0. The van der Waals surface area contributed by atoms with Crippen molar-refractivity contribution in [1.82, 2.24) is 0 Å². The minimum atomic E-state index is -0.486. The summed E-state index contributed by atoms with van der Waals surface area (Å²) in [5, 5.41) is 2.04. The number of methoxy groups -OCH3 is 1. The fourth-order valence-corrected chi connectivity index (χ4v) is 2.07. The predicted octanol–water partition coefficient (Wildman–Crippen LogP) is 3.02. The van der Waals surface area contributed by atoms with E-state index in [-0.39, 0.29) is 6.79 Å². The van der Waals surface area contributed by atoms with Gasteiger partial charge >= 0.3 is 11.9 Å². The third-order valence-corrected chi connectivity index (χ3v) is 3.39. The Hall–Kier alpha value is -2.56. The van der Waals surface area contributed by atoms with E-state index in [0.717, 1.165) is 22.1 Å². The van der Waals surface area contributed by atoms with Gasteiger partial charge in [0.05, 0.1) is 13.0 Å². The highest BCUT2D eigenvalue weighted by atomic mass is 16.7. The molecule has 0 aliphatic carbocycles. The second kappa shape index (κ2) is 6.93. The highest BCUT2D eigenvalue weighted by molar-refractivity contribution is 5.86. The van der Waals surface area contributed by atoms with Crippen LogP contribution in [0.2, 0.25) is 0 Å². The van der Waals surface area contributed by atoms with E-state index in [9.17, 15) is 9.59 Å². The Bertz CT molecular complexity index is 693. The van der Waals surface area contributed by atoms with Crippen LogP contribution in [0.25, 0.3) is 10.8 Å². The molecule has 1 atom stereocenters. The van der Waals surface area contributed by atoms with Crippen molar-refractivity contribution in [3.05, 3.63) is 42.0 Å². The van der Waals surface area contributed by atoms with E-state index in [1.54, 1.807) is 14.0 Å². The van der Waals surface area contributed by atoms with Gasteiger partial charge in [0.15, 0.2) is 0 Å². The fraction of sp³-hybridized carbons (Fsp3) is 0.294. The molecule has 0 aromatic heterocycles. The van der Waals surface area contributed by atoms with Gasteiger partial charge in [-0.05, 0) is 35.4 Å². The van der Waals surface area contributed by atoms with Crippen molar-refractivity contribution in [2.24, 2.45) is 0 Å². The van der Waals surface area contributed by atoms with Crippen LogP contribution < -0.4 is 4.74 Å². The highest BCUT2D eigenvalue weighted by Gasteiger charge is 2.17. The molecule has 0 heterocycles. The number of carbonyl (C=O) groups is 2.